The number of amides is 1. The zero-order valence-corrected chi connectivity index (χ0v) is 15.0. The van der Waals surface area contributed by atoms with Crippen LogP contribution < -0.4 is 4.74 Å². The highest BCUT2D eigenvalue weighted by molar-refractivity contribution is 5.78. The molecular formula is C19H26N4O2. The van der Waals surface area contributed by atoms with E-state index in [9.17, 15) is 4.79 Å². The summed E-state index contributed by atoms with van der Waals surface area (Å²) in [6.45, 7) is 5.49. The van der Waals surface area contributed by atoms with Crippen molar-refractivity contribution in [1.29, 1.82) is 0 Å². The number of nitrogens with zero attached hydrogens (tertiary/aromatic N) is 3. The van der Waals surface area contributed by atoms with Crippen LogP contribution in [0.2, 0.25) is 0 Å². The van der Waals surface area contributed by atoms with Gasteiger partial charge in [-0.1, -0.05) is 12.1 Å². The Bertz CT molecular complexity index is 690. The number of rotatable bonds is 7. The first-order valence-corrected chi connectivity index (χ1v) is 8.79. The molecule has 1 aliphatic heterocycles. The predicted molar refractivity (Wildman–Crippen MR) is 96.2 cm³/mol. The second-order valence-electron chi connectivity index (χ2n) is 6.74. The highest BCUT2D eigenvalue weighted by Crippen LogP contribution is 2.15. The van der Waals surface area contributed by atoms with Gasteiger partial charge in [-0.05, 0) is 50.6 Å². The van der Waals surface area contributed by atoms with Crippen LogP contribution in [0, 0.1) is 6.92 Å². The van der Waals surface area contributed by atoms with Gasteiger partial charge in [-0.15, -0.1) is 0 Å². The summed E-state index contributed by atoms with van der Waals surface area (Å²) in [7, 11) is 2.07. The summed E-state index contributed by atoms with van der Waals surface area (Å²) >= 11 is 0. The molecule has 2 heterocycles. The maximum absolute atomic E-state index is 12.0. The minimum atomic E-state index is 0.0793. The third kappa shape index (κ3) is 5.06. The second-order valence-corrected chi connectivity index (χ2v) is 6.74. The normalized spacial score (nSPS) is 14.3. The molecule has 1 saturated heterocycles. The lowest BCUT2D eigenvalue weighted by Crippen LogP contribution is -2.32. The van der Waals surface area contributed by atoms with Crippen LogP contribution in [0.1, 0.15) is 29.8 Å². The molecule has 1 aromatic carbocycles. The minimum Gasteiger partial charge on any atom is -0.484 e. The van der Waals surface area contributed by atoms with Gasteiger partial charge < -0.3 is 9.64 Å². The molecule has 2 aromatic rings. The van der Waals surface area contributed by atoms with Crippen molar-refractivity contribution >= 4 is 5.91 Å². The average Bonchev–Trinajstić information content (AvgIpc) is 3.26. The van der Waals surface area contributed by atoms with Crippen LogP contribution in [0.25, 0.3) is 0 Å². The van der Waals surface area contributed by atoms with Crippen molar-refractivity contribution in [2.45, 2.75) is 32.9 Å². The zero-order valence-electron chi connectivity index (χ0n) is 15.0. The fourth-order valence-electron chi connectivity index (χ4n) is 3.09. The van der Waals surface area contributed by atoms with E-state index in [-0.39, 0.29) is 12.5 Å². The first-order chi connectivity index (χ1) is 12.1. The minimum absolute atomic E-state index is 0.0793. The van der Waals surface area contributed by atoms with Crippen LogP contribution in [-0.2, 0) is 17.9 Å². The average molecular weight is 342 g/mol. The van der Waals surface area contributed by atoms with Crippen molar-refractivity contribution in [3.8, 4) is 5.75 Å². The number of likely N-dealkylation sites (tertiary alicyclic amines) is 1. The van der Waals surface area contributed by atoms with E-state index in [1.54, 1.807) is 0 Å². The third-order valence-corrected chi connectivity index (χ3v) is 4.39. The lowest BCUT2D eigenvalue weighted by Gasteiger charge is -2.17. The lowest BCUT2D eigenvalue weighted by atomic mass is 10.2. The Morgan fingerprint density at radius 1 is 1.24 bits per heavy atom. The first kappa shape index (κ1) is 17.5. The van der Waals surface area contributed by atoms with Gasteiger partial charge in [-0.3, -0.25) is 14.8 Å². The fraction of sp³-hybridized carbons (Fsp3) is 0.474. The molecule has 1 N–H and O–H groups in total. The van der Waals surface area contributed by atoms with Crippen LogP contribution in [0.15, 0.2) is 30.3 Å². The predicted octanol–water partition coefficient (Wildman–Crippen LogP) is 2.35. The first-order valence-electron chi connectivity index (χ1n) is 8.79. The van der Waals surface area contributed by atoms with Gasteiger partial charge in [0.15, 0.2) is 6.61 Å². The molecule has 3 rings (SSSR count). The quantitative estimate of drug-likeness (QED) is 0.839. The van der Waals surface area contributed by atoms with Crippen molar-refractivity contribution in [2.75, 3.05) is 26.7 Å². The molecular weight excluding hydrogens is 316 g/mol. The van der Waals surface area contributed by atoms with Crippen molar-refractivity contribution in [1.82, 2.24) is 20.0 Å². The Hall–Kier alpha value is -2.34. The summed E-state index contributed by atoms with van der Waals surface area (Å²) in [4.78, 5) is 16.1. The molecule has 0 spiro atoms. The summed E-state index contributed by atoms with van der Waals surface area (Å²) in [6.07, 6.45) is 2.21. The molecule has 6 nitrogen and oxygen atoms in total. The Morgan fingerprint density at radius 3 is 2.60 bits per heavy atom. The summed E-state index contributed by atoms with van der Waals surface area (Å²) < 4.78 is 5.62. The molecule has 0 atom stereocenters. The summed E-state index contributed by atoms with van der Waals surface area (Å²) in [6, 6.07) is 10.0. The molecule has 1 fully saturated rings. The molecule has 6 heteroatoms. The molecule has 0 aliphatic carbocycles. The highest BCUT2D eigenvalue weighted by atomic mass is 16.5. The number of nitrogens with one attached hydrogen (secondary N) is 1. The number of hydrogen-bond acceptors (Lipinski definition) is 4. The van der Waals surface area contributed by atoms with Gasteiger partial charge in [0, 0.05) is 31.9 Å². The highest BCUT2D eigenvalue weighted by Gasteiger charge is 2.18. The van der Waals surface area contributed by atoms with E-state index in [4.69, 9.17) is 4.74 Å². The van der Waals surface area contributed by atoms with Crippen LogP contribution in [0.5, 0.6) is 5.75 Å². The van der Waals surface area contributed by atoms with E-state index < -0.39 is 0 Å². The summed E-state index contributed by atoms with van der Waals surface area (Å²) in [5, 5.41) is 7.23. The van der Waals surface area contributed by atoms with E-state index in [2.05, 4.69) is 28.2 Å². The molecule has 1 amide bonds. The molecule has 0 bridgehead atoms. The molecule has 0 saturated carbocycles. The number of H-pyrrole nitrogens is 1. The number of benzene rings is 1. The number of hydrogen-bond donors (Lipinski definition) is 1. The maximum atomic E-state index is 12.0. The molecule has 0 radical (unpaired) electrons. The maximum Gasteiger partial charge on any atom is 0.260 e. The van der Waals surface area contributed by atoms with Crippen molar-refractivity contribution in [2.24, 2.45) is 0 Å². The van der Waals surface area contributed by atoms with Gasteiger partial charge in [-0.25, -0.2) is 0 Å². The topological polar surface area (TPSA) is 61.5 Å². The van der Waals surface area contributed by atoms with E-state index in [1.807, 2.05) is 36.1 Å². The van der Waals surface area contributed by atoms with Crippen LogP contribution in [0.3, 0.4) is 0 Å². The number of ether oxygens (including phenoxy) is 1. The molecule has 1 aliphatic rings. The largest absolute Gasteiger partial charge is 0.484 e. The number of carbonyl (C=O) groups is 1. The SMILES string of the molecule is Cc1cc(CN(C)Cc2ccc(OCC(=O)N3CCCC3)cc2)n[nH]1. The van der Waals surface area contributed by atoms with E-state index in [0.29, 0.717) is 0 Å². The number of carbonyl (C=O) groups excluding carboxylic acids is 1. The fourth-order valence-corrected chi connectivity index (χ4v) is 3.09. The number of aromatic nitrogens is 2. The van der Waals surface area contributed by atoms with Crippen LogP contribution in [-0.4, -0.2) is 52.6 Å². The van der Waals surface area contributed by atoms with Crippen molar-refractivity contribution in [3.05, 3.63) is 47.3 Å². The van der Waals surface area contributed by atoms with Crippen molar-refractivity contribution < 1.29 is 9.53 Å². The molecule has 0 unspecified atom stereocenters. The van der Waals surface area contributed by atoms with Gasteiger partial charge in [0.1, 0.15) is 5.75 Å². The Kier molecular flexibility index (Phi) is 5.71. The Labute approximate surface area is 148 Å². The Morgan fingerprint density at radius 2 is 1.96 bits per heavy atom. The molecule has 25 heavy (non-hydrogen) atoms. The van der Waals surface area contributed by atoms with Gasteiger partial charge >= 0.3 is 0 Å². The van der Waals surface area contributed by atoms with Gasteiger partial charge in [-0.2, -0.15) is 5.10 Å². The van der Waals surface area contributed by atoms with Gasteiger partial charge in [0.25, 0.3) is 5.91 Å². The van der Waals surface area contributed by atoms with Crippen LogP contribution in [0.4, 0.5) is 0 Å². The van der Waals surface area contributed by atoms with E-state index >= 15 is 0 Å². The van der Waals surface area contributed by atoms with Crippen LogP contribution >= 0.6 is 0 Å². The number of aromatic amines is 1. The second kappa shape index (κ2) is 8.16. The van der Waals surface area contributed by atoms with E-state index in [0.717, 1.165) is 56.2 Å². The summed E-state index contributed by atoms with van der Waals surface area (Å²) in [5.41, 5.74) is 3.32. The van der Waals surface area contributed by atoms with E-state index in [1.165, 1.54) is 5.56 Å². The number of aryl methyl sites for hydroxylation is 1. The third-order valence-electron chi connectivity index (χ3n) is 4.39. The van der Waals surface area contributed by atoms with Gasteiger partial charge in [0.05, 0.1) is 5.69 Å². The molecule has 134 valence electrons. The smallest absolute Gasteiger partial charge is 0.260 e. The summed E-state index contributed by atoms with van der Waals surface area (Å²) in [5.74, 6) is 0.817. The zero-order chi connectivity index (χ0) is 17.6. The lowest BCUT2D eigenvalue weighted by molar-refractivity contribution is -0.132. The van der Waals surface area contributed by atoms with Crippen molar-refractivity contribution in [3.63, 3.8) is 0 Å². The molecule has 1 aromatic heterocycles. The standard InChI is InChI=1S/C19H26N4O2/c1-15-11-17(21-20-15)13-22(2)12-16-5-7-18(8-6-16)25-14-19(24)23-9-3-4-10-23/h5-8,11H,3-4,9-10,12-14H2,1-2H3,(H,20,21). The van der Waals surface area contributed by atoms with Gasteiger partial charge in [0.2, 0.25) is 0 Å². The monoisotopic (exact) mass is 342 g/mol. The Balaban J connectivity index is 1.45.